The van der Waals surface area contributed by atoms with Crippen molar-refractivity contribution < 1.29 is 17.6 Å². The molecular formula is C18H17ClF4N2O. The van der Waals surface area contributed by atoms with Gasteiger partial charge in [-0.25, -0.2) is 4.98 Å². The molecule has 1 fully saturated rings. The maximum absolute atomic E-state index is 14.2. The molecule has 0 bridgehead atoms. The molecule has 1 aliphatic carbocycles. The molecule has 0 amide bonds. The predicted molar refractivity (Wildman–Crippen MR) is 90.3 cm³/mol. The number of hydrogen-bond acceptors (Lipinski definition) is 2. The van der Waals surface area contributed by atoms with Crippen LogP contribution in [0.2, 0.25) is 5.02 Å². The van der Waals surface area contributed by atoms with Gasteiger partial charge < -0.3 is 0 Å². The Balaban J connectivity index is 2.02. The van der Waals surface area contributed by atoms with E-state index in [2.05, 4.69) is 4.98 Å². The van der Waals surface area contributed by atoms with Crippen molar-refractivity contribution in [3.63, 3.8) is 0 Å². The van der Waals surface area contributed by atoms with Crippen LogP contribution in [0.4, 0.5) is 17.6 Å². The van der Waals surface area contributed by atoms with Crippen LogP contribution in [0.15, 0.2) is 29.1 Å². The number of halogens is 5. The molecule has 2 aromatic rings. The summed E-state index contributed by atoms with van der Waals surface area (Å²) in [6, 6.07) is 6.24. The zero-order chi connectivity index (χ0) is 19.1. The number of rotatable bonds is 2. The molecule has 0 aliphatic heterocycles. The Bertz CT molecular complexity index is 853. The average molecular weight is 389 g/mol. The Hall–Kier alpha value is -1.89. The fraction of sp³-hybridized carbons (Fsp3) is 0.444. The molecule has 8 heteroatoms. The first kappa shape index (κ1) is 18.9. The van der Waals surface area contributed by atoms with Crippen LogP contribution in [0.25, 0.3) is 5.69 Å². The van der Waals surface area contributed by atoms with Crippen LogP contribution >= 0.6 is 11.6 Å². The van der Waals surface area contributed by atoms with Gasteiger partial charge in [0.25, 0.3) is 5.56 Å². The molecule has 0 saturated heterocycles. The minimum atomic E-state index is -4.22. The van der Waals surface area contributed by atoms with E-state index in [4.69, 9.17) is 11.6 Å². The normalized spacial score (nSPS) is 21.0. The first-order chi connectivity index (χ1) is 12.2. The lowest BCUT2D eigenvalue weighted by molar-refractivity contribution is -0.182. The van der Waals surface area contributed by atoms with Gasteiger partial charge in [0.15, 0.2) is 0 Å². The van der Waals surface area contributed by atoms with Gasteiger partial charge in [0.05, 0.1) is 17.3 Å². The van der Waals surface area contributed by atoms with Gasteiger partial charge in [0.1, 0.15) is 5.82 Å². The molecule has 1 aliphatic rings. The summed E-state index contributed by atoms with van der Waals surface area (Å²) in [5.74, 6) is -2.34. The molecule has 1 saturated carbocycles. The second-order valence-corrected chi connectivity index (χ2v) is 7.01. The summed E-state index contributed by atoms with van der Waals surface area (Å²) in [6.07, 6.45) is -3.78. The van der Waals surface area contributed by atoms with Gasteiger partial charge in [0, 0.05) is 10.9 Å². The van der Waals surface area contributed by atoms with Crippen LogP contribution < -0.4 is 5.56 Å². The Labute approximate surface area is 152 Å². The Kier molecular flexibility index (Phi) is 5.10. The topological polar surface area (TPSA) is 34.9 Å². The minimum absolute atomic E-state index is 0.0267. The Morgan fingerprint density at radius 2 is 1.69 bits per heavy atom. The van der Waals surface area contributed by atoms with Crippen molar-refractivity contribution in [2.24, 2.45) is 5.92 Å². The van der Waals surface area contributed by atoms with E-state index >= 15 is 0 Å². The molecule has 0 unspecified atom stereocenters. The lowest BCUT2D eigenvalue weighted by Gasteiger charge is -2.30. The first-order valence-electron chi connectivity index (χ1n) is 8.30. The minimum Gasteiger partial charge on any atom is -0.265 e. The molecule has 1 aromatic heterocycles. The molecule has 0 spiro atoms. The fourth-order valence-electron chi connectivity index (χ4n) is 3.42. The van der Waals surface area contributed by atoms with E-state index in [0.29, 0.717) is 16.5 Å². The number of benzene rings is 1. The van der Waals surface area contributed by atoms with Crippen LogP contribution in [-0.2, 0) is 0 Å². The predicted octanol–water partition coefficient (Wildman–Crippen LogP) is 5.17. The second kappa shape index (κ2) is 7.02. The van der Waals surface area contributed by atoms with E-state index in [0.717, 1.165) is 4.57 Å². The lowest BCUT2D eigenvalue weighted by Crippen LogP contribution is -2.32. The van der Waals surface area contributed by atoms with Crippen molar-refractivity contribution in [3.8, 4) is 5.69 Å². The molecule has 0 radical (unpaired) electrons. The summed E-state index contributed by atoms with van der Waals surface area (Å²) in [5.41, 5.74) is -0.514. The van der Waals surface area contributed by atoms with Crippen LogP contribution in [0.1, 0.15) is 43.1 Å². The number of alkyl halides is 3. The quantitative estimate of drug-likeness (QED) is 0.665. The SMILES string of the molecule is Cc1nc(C2CCC(C(F)(F)F)CC2)n(-c2ccc(Cl)cc2)c(=O)c1F. The molecule has 3 rings (SSSR count). The van der Waals surface area contributed by atoms with Crippen molar-refractivity contribution in [2.45, 2.75) is 44.7 Å². The number of hydrogen-bond donors (Lipinski definition) is 0. The van der Waals surface area contributed by atoms with Gasteiger partial charge in [-0.15, -0.1) is 0 Å². The van der Waals surface area contributed by atoms with Crippen LogP contribution in [0.3, 0.4) is 0 Å². The number of aromatic nitrogens is 2. The standard InChI is InChI=1S/C18H17ClF4N2O/c1-10-15(20)17(26)25(14-8-6-13(19)7-9-14)16(24-10)11-2-4-12(5-3-11)18(21,22)23/h6-9,11-12H,2-5H2,1H3. The maximum atomic E-state index is 14.2. The molecule has 140 valence electrons. The van der Waals surface area contributed by atoms with Gasteiger partial charge in [-0.3, -0.25) is 9.36 Å². The molecule has 1 heterocycles. The fourth-order valence-corrected chi connectivity index (χ4v) is 3.55. The smallest absolute Gasteiger partial charge is 0.265 e. The van der Waals surface area contributed by atoms with Gasteiger partial charge in [-0.2, -0.15) is 17.6 Å². The largest absolute Gasteiger partial charge is 0.391 e. The van der Waals surface area contributed by atoms with Crippen LogP contribution in [0, 0.1) is 18.7 Å². The highest BCUT2D eigenvalue weighted by atomic mass is 35.5. The molecule has 3 nitrogen and oxygen atoms in total. The van der Waals surface area contributed by atoms with Gasteiger partial charge in [-0.05, 0) is 56.9 Å². The molecule has 0 atom stereocenters. The van der Waals surface area contributed by atoms with Gasteiger partial charge >= 0.3 is 6.18 Å². The van der Waals surface area contributed by atoms with E-state index in [9.17, 15) is 22.4 Å². The number of aryl methyl sites for hydroxylation is 1. The van der Waals surface area contributed by atoms with E-state index < -0.39 is 23.5 Å². The molecule has 26 heavy (non-hydrogen) atoms. The van der Waals surface area contributed by atoms with Crippen molar-refractivity contribution in [1.82, 2.24) is 9.55 Å². The van der Waals surface area contributed by atoms with Crippen LogP contribution in [0.5, 0.6) is 0 Å². The highest BCUT2D eigenvalue weighted by molar-refractivity contribution is 6.30. The summed E-state index contributed by atoms with van der Waals surface area (Å²) < 4.78 is 54.0. The average Bonchev–Trinajstić information content (AvgIpc) is 2.60. The third-order valence-corrected chi connectivity index (χ3v) is 5.11. The maximum Gasteiger partial charge on any atom is 0.391 e. The zero-order valence-corrected chi connectivity index (χ0v) is 14.7. The Morgan fingerprint density at radius 3 is 2.23 bits per heavy atom. The highest BCUT2D eigenvalue weighted by Gasteiger charge is 2.42. The van der Waals surface area contributed by atoms with Crippen LogP contribution in [-0.4, -0.2) is 15.7 Å². The summed E-state index contributed by atoms with van der Waals surface area (Å²) in [6.45, 7) is 1.38. The molecule has 0 N–H and O–H groups in total. The summed E-state index contributed by atoms with van der Waals surface area (Å²) >= 11 is 5.86. The van der Waals surface area contributed by atoms with Crippen molar-refractivity contribution in [2.75, 3.05) is 0 Å². The second-order valence-electron chi connectivity index (χ2n) is 6.58. The van der Waals surface area contributed by atoms with E-state index in [-0.39, 0.29) is 37.3 Å². The lowest BCUT2D eigenvalue weighted by atomic mass is 9.81. The zero-order valence-electron chi connectivity index (χ0n) is 14.0. The number of nitrogens with zero attached hydrogens (tertiary/aromatic N) is 2. The third kappa shape index (κ3) is 3.63. The van der Waals surface area contributed by atoms with E-state index in [1.165, 1.54) is 6.92 Å². The van der Waals surface area contributed by atoms with Crippen molar-refractivity contribution >= 4 is 11.6 Å². The van der Waals surface area contributed by atoms with Crippen molar-refractivity contribution in [1.29, 1.82) is 0 Å². The highest BCUT2D eigenvalue weighted by Crippen LogP contribution is 2.42. The summed E-state index contributed by atoms with van der Waals surface area (Å²) in [4.78, 5) is 16.7. The van der Waals surface area contributed by atoms with E-state index in [1.807, 2.05) is 0 Å². The summed E-state index contributed by atoms with van der Waals surface area (Å²) in [7, 11) is 0. The van der Waals surface area contributed by atoms with Crippen molar-refractivity contribution in [3.05, 3.63) is 57.0 Å². The third-order valence-electron chi connectivity index (χ3n) is 4.86. The Morgan fingerprint density at radius 1 is 1.12 bits per heavy atom. The first-order valence-corrected chi connectivity index (χ1v) is 8.68. The monoisotopic (exact) mass is 388 g/mol. The molecular weight excluding hydrogens is 372 g/mol. The van der Waals surface area contributed by atoms with E-state index in [1.54, 1.807) is 24.3 Å². The van der Waals surface area contributed by atoms with Gasteiger partial charge in [-0.1, -0.05) is 11.6 Å². The van der Waals surface area contributed by atoms with Gasteiger partial charge in [0.2, 0.25) is 5.82 Å². The summed E-state index contributed by atoms with van der Waals surface area (Å²) in [5, 5.41) is 0.453. The molecule has 1 aromatic carbocycles.